The van der Waals surface area contributed by atoms with Crippen LogP contribution < -0.4 is 0 Å². The predicted molar refractivity (Wildman–Crippen MR) is 81.2 cm³/mol. The second-order valence-corrected chi connectivity index (χ2v) is 5.96. The summed E-state index contributed by atoms with van der Waals surface area (Å²) in [4.78, 5) is 14.0. The van der Waals surface area contributed by atoms with E-state index in [1.54, 1.807) is 12.4 Å². The third kappa shape index (κ3) is 2.51. The fraction of sp³-hybridized carbons (Fsp3) is 0.267. The van der Waals surface area contributed by atoms with Crippen LogP contribution in [0.5, 0.6) is 0 Å². The molecule has 0 spiro atoms. The molecule has 1 aromatic carbocycles. The Balaban J connectivity index is 1.64. The summed E-state index contributed by atoms with van der Waals surface area (Å²) in [7, 11) is 1.99. The molecule has 3 heterocycles. The summed E-state index contributed by atoms with van der Waals surface area (Å²) in [5.41, 5.74) is 2.73. The van der Waals surface area contributed by atoms with Crippen LogP contribution >= 0.6 is 11.6 Å². The lowest BCUT2D eigenvalue weighted by molar-refractivity contribution is 0.171. The van der Waals surface area contributed by atoms with Gasteiger partial charge < -0.3 is 9.51 Å². The highest BCUT2D eigenvalue weighted by Gasteiger charge is 2.30. The van der Waals surface area contributed by atoms with Gasteiger partial charge in [0, 0.05) is 18.5 Å². The molecule has 3 aromatic rings. The van der Waals surface area contributed by atoms with Gasteiger partial charge in [-0.1, -0.05) is 16.8 Å². The summed E-state index contributed by atoms with van der Waals surface area (Å²) in [6, 6.07) is 4.31. The molecule has 0 amide bonds. The van der Waals surface area contributed by atoms with Gasteiger partial charge in [-0.05, 0) is 25.2 Å². The van der Waals surface area contributed by atoms with E-state index in [1.807, 2.05) is 7.05 Å². The number of likely N-dealkylation sites (N-methyl/N-ethyl adjacent to an activating group) is 1. The van der Waals surface area contributed by atoms with Crippen LogP contribution in [0.3, 0.4) is 0 Å². The number of fused-ring (bicyclic) bond motifs is 1. The van der Waals surface area contributed by atoms with Crippen molar-refractivity contribution in [3.05, 3.63) is 52.6 Å². The second kappa shape index (κ2) is 5.43. The van der Waals surface area contributed by atoms with Gasteiger partial charge in [0.1, 0.15) is 5.82 Å². The number of aromatic nitrogens is 4. The van der Waals surface area contributed by atoms with Gasteiger partial charge >= 0.3 is 0 Å². The smallest absolute Gasteiger partial charge is 0.244 e. The lowest BCUT2D eigenvalue weighted by atomic mass is 10.0. The van der Waals surface area contributed by atoms with Gasteiger partial charge in [0.15, 0.2) is 0 Å². The number of benzene rings is 1. The van der Waals surface area contributed by atoms with Crippen LogP contribution in [0.2, 0.25) is 5.02 Å². The van der Waals surface area contributed by atoms with Crippen molar-refractivity contribution in [1.82, 2.24) is 25.0 Å². The first-order valence-electron chi connectivity index (χ1n) is 7.12. The molecule has 0 fully saturated rings. The first kappa shape index (κ1) is 14.3. The van der Waals surface area contributed by atoms with Gasteiger partial charge in [0.05, 0.1) is 28.8 Å². The molecule has 1 aliphatic heterocycles. The van der Waals surface area contributed by atoms with Crippen LogP contribution in [0, 0.1) is 5.82 Å². The largest absolute Gasteiger partial charge is 0.347 e. The van der Waals surface area contributed by atoms with E-state index in [-0.39, 0.29) is 11.1 Å². The lowest BCUT2D eigenvalue weighted by Crippen LogP contribution is -2.31. The zero-order valence-corrected chi connectivity index (χ0v) is 13.0. The van der Waals surface area contributed by atoms with E-state index in [0.717, 1.165) is 17.9 Å². The van der Waals surface area contributed by atoms with Gasteiger partial charge in [0.2, 0.25) is 11.7 Å². The predicted octanol–water partition coefficient (Wildman–Crippen LogP) is 2.98. The molecule has 1 N–H and O–H groups in total. The molecule has 0 saturated heterocycles. The van der Waals surface area contributed by atoms with E-state index < -0.39 is 5.82 Å². The van der Waals surface area contributed by atoms with Crippen LogP contribution in [0.25, 0.3) is 11.4 Å². The highest BCUT2D eigenvalue weighted by Crippen LogP contribution is 2.31. The topological polar surface area (TPSA) is 70.8 Å². The van der Waals surface area contributed by atoms with E-state index in [1.165, 1.54) is 12.1 Å². The molecule has 23 heavy (non-hydrogen) atoms. The maximum Gasteiger partial charge on any atom is 0.244 e. The Morgan fingerprint density at radius 3 is 3.13 bits per heavy atom. The average Bonchev–Trinajstić information content (AvgIpc) is 3.17. The van der Waals surface area contributed by atoms with Crippen molar-refractivity contribution in [2.45, 2.75) is 19.0 Å². The first-order valence-corrected chi connectivity index (χ1v) is 7.50. The monoisotopic (exact) mass is 333 g/mol. The minimum absolute atomic E-state index is 0.0322. The van der Waals surface area contributed by atoms with E-state index in [0.29, 0.717) is 23.7 Å². The quantitative estimate of drug-likeness (QED) is 0.780. The normalized spacial score (nSPS) is 18.1. The first-order chi connectivity index (χ1) is 11.1. The van der Waals surface area contributed by atoms with Crippen LogP contribution in [0.15, 0.2) is 29.0 Å². The highest BCUT2D eigenvalue weighted by molar-refractivity contribution is 6.31. The number of rotatable bonds is 2. The van der Waals surface area contributed by atoms with Crippen molar-refractivity contribution in [2.75, 3.05) is 7.05 Å². The Bertz CT molecular complexity index is 861. The van der Waals surface area contributed by atoms with Crippen LogP contribution in [0.1, 0.15) is 23.3 Å². The fourth-order valence-electron chi connectivity index (χ4n) is 2.76. The molecule has 6 nitrogen and oxygen atoms in total. The highest BCUT2D eigenvalue weighted by atomic mass is 35.5. The van der Waals surface area contributed by atoms with Gasteiger partial charge in [-0.3, -0.25) is 4.90 Å². The fourth-order valence-corrected chi connectivity index (χ4v) is 2.94. The Labute approximate surface area is 136 Å². The Kier molecular flexibility index (Phi) is 3.39. The lowest BCUT2D eigenvalue weighted by Gasteiger charge is -2.28. The summed E-state index contributed by atoms with van der Waals surface area (Å²) in [5.74, 6) is 0.428. The summed E-state index contributed by atoms with van der Waals surface area (Å²) >= 11 is 5.80. The number of halogens is 2. The molecule has 118 valence electrons. The molecule has 0 radical (unpaired) electrons. The van der Waals surface area contributed by atoms with Crippen molar-refractivity contribution in [3.63, 3.8) is 0 Å². The molecule has 0 bridgehead atoms. The van der Waals surface area contributed by atoms with Gasteiger partial charge in [-0.2, -0.15) is 4.98 Å². The molecule has 2 aromatic heterocycles. The zero-order valence-electron chi connectivity index (χ0n) is 12.3. The average molecular weight is 334 g/mol. The van der Waals surface area contributed by atoms with E-state index >= 15 is 0 Å². The Morgan fingerprint density at radius 2 is 2.30 bits per heavy atom. The second-order valence-electron chi connectivity index (χ2n) is 5.55. The zero-order chi connectivity index (χ0) is 16.0. The van der Waals surface area contributed by atoms with E-state index in [2.05, 4.69) is 25.0 Å². The number of nitrogens with one attached hydrogen (secondary N) is 1. The Hall–Kier alpha value is -2.25. The number of nitrogens with zero attached hydrogens (tertiary/aromatic N) is 4. The minimum Gasteiger partial charge on any atom is -0.347 e. The van der Waals surface area contributed by atoms with Crippen LogP contribution in [0.4, 0.5) is 4.39 Å². The molecule has 0 aliphatic carbocycles. The van der Waals surface area contributed by atoms with Crippen molar-refractivity contribution in [2.24, 2.45) is 0 Å². The molecule has 4 rings (SSSR count). The standard InChI is InChI=1S/C15H13ClFN5O/c1-22-6-12-11(18-7-19-12)5-13(22)15-20-14(21-23-15)8-2-3-10(17)9(16)4-8/h2-4,7,13H,5-6H2,1H3,(H,18,19)/t13-/m0/s1. The van der Waals surface area contributed by atoms with Crippen molar-refractivity contribution < 1.29 is 8.91 Å². The number of hydrogen-bond acceptors (Lipinski definition) is 5. The van der Waals surface area contributed by atoms with Gasteiger partial charge in [-0.25, -0.2) is 9.37 Å². The summed E-state index contributed by atoms with van der Waals surface area (Å²) in [6.07, 6.45) is 2.39. The van der Waals surface area contributed by atoms with E-state index in [4.69, 9.17) is 16.1 Å². The molecule has 0 saturated carbocycles. The minimum atomic E-state index is -0.475. The molecular weight excluding hydrogens is 321 g/mol. The maximum atomic E-state index is 13.3. The SMILES string of the molecule is CN1Cc2[nH]cnc2C[C@H]1c1nc(-c2ccc(F)c(Cl)c2)no1. The number of imidazole rings is 1. The van der Waals surface area contributed by atoms with Crippen molar-refractivity contribution in [1.29, 1.82) is 0 Å². The van der Waals surface area contributed by atoms with Gasteiger partial charge in [-0.15, -0.1) is 0 Å². The number of aromatic amines is 1. The summed E-state index contributed by atoms with van der Waals surface area (Å²) in [5, 5.41) is 4.02. The Morgan fingerprint density at radius 1 is 1.43 bits per heavy atom. The van der Waals surface area contributed by atoms with E-state index in [9.17, 15) is 4.39 Å². The summed E-state index contributed by atoms with van der Waals surface area (Å²) < 4.78 is 18.7. The molecule has 1 atom stereocenters. The molecule has 1 aliphatic rings. The number of H-pyrrole nitrogens is 1. The third-order valence-electron chi connectivity index (χ3n) is 4.04. The van der Waals surface area contributed by atoms with Crippen molar-refractivity contribution in [3.8, 4) is 11.4 Å². The summed E-state index contributed by atoms with van der Waals surface area (Å²) in [6.45, 7) is 0.736. The molecule has 8 heteroatoms. The van der Waals surface area contributed by atoms with Crippen LogP contribution in [-0.2, 0) is 13.0 Å². The van der Waals surface area contributed by atoms with Crippen LogP contribution in [-0.4, -0.2) is 32.1 Å². The third-order valence-corrected chi connectivity index (χ3v) is 4.33. The van der Waals surface area contributed by atoms with Gasteiger partial charge in [0.25, 0.3) is 0 Å². The van der Waals surface area contributed by atoms with Crippen molar-refractivity contribution >= 4 is 11.6 Å². The maximum absolute atomic E-state index is 13.3. The molecular formula is C15H13ClFN5O. The number of hydrogen-bond donors (Lipinski definition) is 1. The molecule has 0 unspecified atom stereocenters.